The van der Waals surface area contributed by atoms with Gasteiger partial charge in [-0.3, -0.25) is 9.59 Å². The zero-order chi connectivity index (χ0) is 15.7. The monoisotopic (exact) mass is 322 g/mol. The molecule has 0 aliphatic carbocycles. The van der Waals surface area contributed by atoms with Crippen molar-refractivity contribution in [1.29, 1.82) is 0 Å². The van der Waals surface area contributed by atoms with Crippen molar-refractivity contribution in [1.82, 2.24) is 4.90 Å². The first-order chi connectivity index (χ1) is 9.36. The molecular weight excluding hydrogens is 300 g/mol. The van der Waals surface area contributed by atoms with Gasteiger partial charge in [-0.25, -0.2) is 4.79 Å². The molecule has 0 aliphatic rings. The lowest BCUT2D eigenvalue weighted by atomic mass is 10.1. The van der Waals surface area contributed by atoms with Crippen LogP contribution in [-0.2, 0) is 9.59 Å². The number of urea groups is 1. The van der Waals surface area contributed by atoms with Gasteiger partial charge >= 0.3 is 6.03 Å². The van der Waals surface area contributed by atoms with Crippen LogP contribution >= 0.6 is 23.5 Å². The number of rotatable bonds is 8. The van der Waals surface area contributed by atoms with Gasteiger partial charge in [-0.05, 0) is 36.9 Å². The highest BCUT2D eigenvalue weighted by molar-refractivity contribution is 7.98. The second-order valence-electron chi connectivity index (χ2n) is 4.13. The minimum Gasteiger partial charge on any atom is -0.351 e. The molecule has 4 amide bonds. The molecule has 0 aliphatic heterocycles. The molecule has 0 fully saturated rings. The number of imide groups is 3. The SMILES string of the molecule is CSCCC(N)C(=O)N(C(N)=O)C(=O)C(N)CCSC. The molecule has 20 heavy (non-hydrogen) atoms. The van der Waals surface area contributed by atoms with Gasteiger partial charge in [0.05, 0.1) is 12.1 Å². The molecule has 0 radical (unpaired) electrons. The number of hydrogen-bond donors (Lipinski definition) is 3. The maximum Gasteiger partial charge on any atom is 0.328 e. The molecule has 0 saturated carbocycles. The Bertz CT molecular complexity index is 329. The zero-order valence-corrected chi connectivity index (χ0v) is 13.3. The van der Waals surface area contributed by atoms with E-state index >= 15 is 0 Å². The molecule has 9 heteroatoms. The van der Waals surface area contributed by atoms with E-state index in [1.54, 1.807) is 0 Å². The minimum atomic E-state index is -1.14. The van der Waals surface area contributed by atoms with E-state index in [2.05, 4.69) is 0 Å². The van der Waals surface area contributed by atoms with E-state index in [0.29, 0.717) is 29.2 Å². The Morgan fingerprint density at radius 1 is 0.950 bits per heavy atom. The van der Waals surface area contributed by atoms with E-state index in [0.717, 1.165) is 0 Å². The van der Waals surface area contributed by atoms with Crippen LogP contribution in [0.5, 0.6) is 0 Å². The van der Waals surface area contributed by atoms with Crippen molar-refractivity contribution in [2.75, 3.05) is 24.0 Å². The molecule has 0 rings (SSSR count). The molecule has 6 N–H and O–H groups in total. The number of carbonyl (C=O) groups excluding carboxylic acids is 3. The van der Waals surface area contributed by atoms with Crippen molar-refractivity contribution >= 4 is 41.4 Å². The van der Waals surface area contributed by atoms with Crippen LogP contribution in [0.2, 0.25) is 0 Å². The standard InChI is InChI=1S/C11H22N4O3S2/c1-19-5-3-7(12)9(16)15(11(14)18)10(17)8(13)4-6-20-2/h7-8H,3-6,12-13H2,1-2H3,(H2,14,18). The van der Waals surface area contributed by atoms with Crippen LogP contribution < -0.4 is 17.2 Å². The Balaban J connectivity index is 4.82. The quantitative estimate of drug-likeness (QED) is 0.553. The molecule has 0 bridgehead atoms. The van der Waals surface area contributed by atoms with Gasteiger partial charge in [0.2, 0.25) is 0 Å². The number of thioether (sulfide) groups is 2. The molecule has 2 atom stereocenters. The van der Waals surface area contributed by atoms with Gasteiger partial charge in [-0.15, -0.1) is 0 Å². The average molecular weight is 322 g/mol. The van der Waals surface area contributed by atoms with Crippen molar-refractivity contribution in [2.24, 2.45) is 17.2 Å². The topological polar surface area (TPSA) is 133 Å². The number of nitrogens with zero attached hydrogens (tertiary/aromatic N) is 1. The van der Waals surface area contributed by atoms with Gasteiger partial charge in [-0.2, -0.15) is 28.4 Å². The molecular formula is C11H22N4O3S2. The minimum absolute atomic E-state index is 0.358. The van der Waals surface area contributed by atoms with Gasteiger partial charge in [0.15, 0.2) is 0 Å². The summed E-state index contributed by atoms with van der Waals surface area (Å²) in [7, 11) is 0. The van der Waals surface area contributed by atoms with Crippen molar-refractivity contribution in [3.8, 4) is 0 Å². The molecule has 0 spiro atoms. The summed E-state index contributed by atoms with van der Waals surface area (Å²) in [4.78, 5) is 35.7. The molecule has 0 heterocycles. The summed E-state index contributed by atoms with van der Waals surface area (Å²) in [6.45, 7) is 0. The summed E-state index contributed by atoms with van der Waals surface area (Å²) < 4.78 is 0. The highest BCUT2D eigenvalue weighted by Crippen LogP contribution is 2.07. The molecule has 116 valence electrons. The molecule has 0 saturated heterocycles. The smallest absolute Gasteiger partial charge is 0.328 e. The second kappa shape index (κ2) is 10.0. The summed E-state index contributed by atoms with van der Waals surface area (Å²) in [5, 5.41) is 0. The van der Waals surface area contributed by atoms with Crippen molar-refractivity contribution in [2.45, 2.75) is 24.9 Å². The lowest BCUT2D eigenvalue weighted by Gasteiger charge is -2.23. The normalized spacial score (nSPS) is 13.6. The Kier molecular flexibility index (Phi) is 9.64. The van der Waals surface area contributed by atoms with Gasteiger partial charge in [0, 0.05) is 0 Å². The van der Waals surface area contributed by atoms with Gasteiger partial charge in [0.1, 0.15) is 0 Å². The second-order valence-corrected chi connectivity index (χ2v) is 6.10. The first-order valence-electron chi connectivity index (χ1n) is 6.03. The van der Waals surface area contributed by atoms with Crippen LogP contribution in [0.1, 0.15) is 12.8 Å². The van der Waals surface area contributed by atoms with Crippen LogP contribution in [-0.4, -0.2) is 58.8 Å². The fraction of sp³-hybridized carbons (Fsp3) is 0.727. The van der Waals surface area contributed by atoms with Crippen LogP contribution in [0.15, 0.2) is 0 Å². The van der Waals surface area contributed by atoms with E-state index in [1.165, 1.54) is 23.5 Å². The number of amides is 4. The summed E-state index contributed by atoms with van der Waals surface area (Å²) in [5.41, 5.74) is 16.4. The third kappa shape index (κ3) is 6.12. The number of primary amides is 1. The Labute approximate surface area is 127 Å². The van der Waals surface area contributed by atoms with Crippen LogP contribution in [0.4, 0.5) is 4.79 Å². The van der Waals surface area contributed by atoms with Crippen molar-refractivity contribution in [3.05, 3.63) is 0 Å². The molecule has 0 aromatic carbocycles. The Hall–Kier alpha value is -0.770. The van der Waals surface area contributed by atoms with E-state index in [4.69, 9.17) is 17.2 Å². The van der Waals surface area contributed by atoms with Gasteiger partial charge < -0.3 is 17.2 Å². The van der Waals surface area contributed by atoms with Crippen molar-refractivity contribution in [3.63, 3.8) is 0 Å². The number of hydrogen-bond acceptors (Lipinski definition) is 7. The first kappa shape index (κ1) is 19.2. The lowest BCUT2D eigenvalue weighted by molar-refractivity contribution is -0.142. The predicted octanol–water partition coefficient (Wildman–Crippen LogP) is -0.419. The summed E-state index contributed by atoms with van der Waals surface area (Å²) in [6, 6.07) is -3.02. The predicted molar refractivity (Wildman–Crippen MR) is 83.4 cm³/mol. The fourth-order valence-corrected chi connectivity index (χ4v) is 2.37. The molecule has 0 aromatic rings. The third-order valence-corrected chi connectivity index (χ3v) is 3.85. The van der Waals surface area contributed by atoms with Crippen LogP contribution in [0.3, 0.4) is 0 Å². The average Bonchev–Trinajstić information content (AvgIpc) is 2.41. The maximum atomic E-state index is 12.0. The van der Waals surface area contributed by atoms with Crippen LogP contribution in [0.25, 0.3) is 0 Å². The summed E-state index contributed by atoms with van der Waals surface area (Å²) in [5.74, 6) is -0.300. The van der Waals surface area contributed by atoms with E-state index < -0.39 is 29.9 Å². The zero-order valence-electron chi connectivity index (χ0n) is 11.7. The van der Waals surface area contributed by atoms with E-state index in [9.17, 15) is 14.4 Å². The molecule has 2 unspecified atom stereocenters. The third-order valence-electron chi connectivity index (χ3n) is 2.56. The maximum absolute atomic E-state index is 12.0. The first-order valence-corrected chi connectivity index (χ1v) is 8.81. The highest BCUT2D eigenvalue weighted by atomic mass is 32.2. The summed E-state index contributed by atoms with van der Waals surface area (Å²) in [6.07, 6.45) is 4.45. The van der Waals surface area contributed by atoms with E-state index in [-0.39, 0.29) is 0 Å². The number of carbonyl (C=O) groups is 3. The van der Waals surface area contributed by atoms with Crippen LogP contribution in [0, 0.1) is 0 Å². The molecule has 0 aromatic heterocycles. The Morgan fingerprint density at radius 2 is 1.30 bits per heavy atom. The van der Waals surface area contributed by atoms with Crippen molar-refractivity contribution < 1.29 is 14.4 Å². The Morgan fingerprint density at radius 3 is 1.55 bits per heavy atom. The lowest BCUT2D eigenvalue weighted by Crippen LogP contribution is -2.56. The van der Waals surface area contributed by atoms with Gasteiger partial charge in [-0.1, -0.05) is 0 Å². The van der Waals surface area contributed by atoms with Gasteiger partial charge in [0.25, 0.3) is 11.8 Å². The van der Waals surface area contributed by atoms with E-state index in [1.807, 2.05) is 12.5 Å². The summed E-state index contributed by atoms with van der Waals surface area (Å²) >= 11 is 3.03. The number of nitrogens with two attached hydrogens (primary N) is 3. The fourth-order valence-electron chi connectivity index (χ4n) is 1.39. The highest BCUT2D eigenvalue weighted by Gasteiger charge is 2.33. The largest absolute Gasteiger partial charge is 0.351 e. The molecule has 7 nitrogen and oxygen atoms in total.